The largest absolute Gasteiger partial charge is 0.496 e. The molecule has 0 fully saturated rings. The SMILES string of the molecule is COc1c(C)cccc1-c1noc(C(N)C(C)C)n1. The minimum Gasteiger partial charge on any atom is -0.496 e. The summed E-state index contributed by atoms with van der Waals surface area (Å²) in [6.45, 7) is 6.01. The molecule has 19 heavy (non-hydrogen) atoms. The van der Waals surface area contributed by atoms with Crippen molar-refractivity contribution in [2.75, 3.05) is 7.11 Å². The molecule has 0 amide bonds. The van der Waals surface area contributed by atoms with Crippen molar-refractivity contribution in [1.82, 2.24) is 10.1 Å². The van der Waals surface area contributed by atoms with Crippen LogP contribution in [0.3, 0.4) is 0 Å². The molecule has 1 aromatic carbocycles. The molecule has 1 aromatic heterocycles. The van der Waals surface area contributed by atoms with Crippen molar-refractivity contribution in [2.24, 2.45) is 11.7 Å². The van der Waals surface area contributed by atoms with Crippen molar-refractivity contribution in [3.63, 3.8) is 0 Å². The number of methoxy groups -OCH3 is 1. The molecule has 1 atom stereocenters. The Morgan fingerprint density at radius 1 is 1.32 bits per heavy atom. The van der Waals surface area contributed by atoms with Gasteiger partial charge in [0.2, 0.25) is 11.7 Å². The number of aryl methyl sites for hydroxylation is 1. The fraction of sp³-hybridized carbons (Fsp3) is 0.429. The maximum atomic E-state index is 6.00. The summed E-state index contributed by atoms with van der Waals surface area (Å²) >= 11 is 0. The molecule has 5 heteroatoms. The number of aromatic nitrogens is 2. The van der Waals surface area contributed by atoms with Gasteiger partial charge in [-0.15, -0.1) is 0 Å². The lowest BCUT2D eigenvalue weighted by molar-refractivity contribution is 0.325. The lowest BCUT2D eigenvalue weighted by atomic mass is 10.1. The molecular formula is C14H19N3O2. The van der Waals surface area contributed by atoms with Crippen molar-refractivity contribution in [1.29, 1.82) is 0 Å². The Hall–Kier alpha value is -1.88. The van der Waals surface area contributed by atoms with E-state index in [-0.39, 0.29) is 12.0 Å². The molecule has 0 saturated carbocycles. The van der Waals surface area contributed by atoms with Gasteiger partial charge in [-0.2, -0.15) is 4.98 Å². The van der Waals surface area contributed by atoms with Gasteiger partial charge in [-0.05, 0) is 24.5 Å². The summed E-state index contributed by atoms with van der Waals surface area (Å²) in [4.78, 5) is 4.37. The molecule has 0 aliphatic heterocycles. The van der Waals surface area contributed by atoms with Gasteiger partial charge in [0.05, 0.1) is 18.7 Å². The van der Waals surface area contributed by atoms with Gasteiger partial charge in [0.15, 0.2) is 0 Å². The van der Waals surface area contributed by atoms with Gasteiger partial charge in [0, 0.05) is 0 Å². The van der Waals surface area contributed by atoms with Crippen LogP contribution in [0.2, 0.25) is 0 Å². The second kappa shape index (κ2) is 5.40. The summed E-state index contributed by atoms with van der Waals surface area (Å²) in [5.41, 5.74) is 7.84. The first kappa shape index (κ1) is 13.5. The maximum absolute atomic E-state index is 6.00. The van der Waals surface area contributed by atoms with Crippen LogP contribution in [0, 0.1) is 12.8 Å². The van der Waals surface area contributed by atoms with Crippen LogP contribution in [0.1, 0.15) is 31.3 Å². The van der Waals surface area contributed by atoms with Gasteiger partial charge in [-0.1, -0.05) is 31.1 Å². The van der Waals surface area contributed by atoms with E-state index in [1.807, 2.05) is 39.0 Å². The summed E-state index contributed by atoms with van der Waals surface area (Å²) in [5, 5.41) is 3.99. The highest BCUT2D eigenvalue weighted by Gasteiger charge is 2.20. The smallest absolute Gasteiger partial charge is 0.244 e. The van der Waals surface area contributed by atoms with Gasteiger partial charge in [-0.25, -0.2) is 0 Å². The van der Waals surface area contributed by atoms with Gasteiger partial charge in [0.25, 0.3) is 0 Å². The Balaban J connectivity index is 2.41. The number of benzene rings is 1. The molecule has 102 valence electrons. The molecule has 2 N–H and O–H groups in total. The van der Waals surface area contributed by atoms with Crippen LogP contribution >= 0.6 is 0 Å². The standard InChI is InChI=1S/C14H19N3O2/c1-8(2)11(15)14-16-13(17-19-14)10-7-5-6-9(3)12(10)18-4/h5-8,11H,15H2,1-4H3. The maximum Gasteiger partial charge on any atom is 0.244 e. The van der Waals surface area contributed by atoms with Gasteiger partial charge in [-0.3, -0.25) is 0 Å². The second-order valence-electron chi connectivity index (χ2n) is 4.88. The van der Waals surface area contributed by atoms with Gasteiger partial charge >= 0.3 is 0 Å². The Bertz CT molecular complexity index is 564. The molecule has 5 nitrogen and oxygen atoms in total. The predicted molar refractivity (Wildman–Crippen MR) is 72.8 cm³/mol. The second-order valence-corrected chi connectivity index (χ2v) is 4.88. The van der Waals surface area contributed by atoms with E-state index in [9.17, 15) is 0 Å². The first-order valence-corrected chi connectivity index (χ1v) is 6.27. The van der Waals surface area contributed by atoms with E-state index in [0.29, 0.717) is 11.7 Å². The number of nitrogens with two attached hydrogens (primary N) is 1. The molecule has 0 radical (unpaired) electrons. The molecule has 0 bridgehead atoms. The third-order valence-electron chi connectivity index (χ3n) is 3.10. The first-order chi connectivity index (χ1) is 9.04. The Labute approximate surface area is 112 Å². The Morgan fingerprint density at radius 2 is 2.05 bits per heavy atom. The Morgan fingerprint density at radius 3 is 2.68 bits per heavy atom. The fourth-order valence-electron chi connectivity index (χ4n) is 1.86. The predicted octanol–water partition coefficient (Wildman–Crippen LogP) is 2.71. The summed E-state index contributed by atoms with van der Waals surface area (Å²) < 4.78 is 10.6. The van der Waals surface area contributed by atoms with E-state index in [1.165, 1.54) is 0 Å². The number of nitrogens with zero attached hydrogens (tertiary/aromatic N) is 2. The normalized spacial score (nSPS) is 12.7. The number of hydrogen-bond donors (Lipinski definition) is 1. The van der Waals surface area contributed by atoms with E-state index in [0.717, 1.165) is 16.9 Å². The lowest BCUT2D eigenvalue weighted by Gasteiger charge is -2.09. The first-order valence-electron chi connectivity index (χ1n) is 6.27. The van der Waals surface area contributed by atoms with Gasteiger partial charge in [0.1, 0.15) is 5.75 Å². The highest BCUT2D eigenvalue weighted by Crippen LogP contribution is 2.31. The van der Waals surface area contributed by atoms with Crippen molar-refractivity contribution in [3.05, 3.63) is 29.7 Å². The molecule has 0 saturated heterocycles. The minimum atomic E-state index is -0.253. The number of ether oxygens (including phenoxy) is 1. The Kier molecular flexibility index (Phi) is 3.85. The lowest BCUT2D eigenvalue weighted by Crippen LogP contribution is -2.16. The van der Waals surface area contributed by atoms with Crippen LogP contribution in [0.15, 0.2) is 22.7 Å². The third-order valence-corrected chi connectivity index (χ3v) is 3.10. The molecule has 2 rings (SSSR count). The number of para-hydroxylation sites is 1. The highest BCUT2D eigenvalue weighted by atomic mass is 16.5. The van der Waals surface area contributed by atoms with Crippen LogP contribution in [0.25, 0.3) is 11.4 Å². The quantitative estimate of drug-likeness (QED) is 0.915. The molecule has 0 aliphatic carbocycles. The van der Waals surface area contributed by atoms with E-state index in [2.05, 4.69) is 10.1 Å². The van der Waals surface area contributed by atoms with Crippen molar-refractivity contribution < 1.29 is 9.26 Å². The monoisotopic (exact) mass is 261 g/mol. The van der Waals surface area contributed by atoms with E-state index in [4.69, 9.17) is 15.0 Å². The fourth-order valence-corrected chi connectivity index (χ4v) is 1.86. The molecule has 0 aliphatic rings. The van der Waals surface area contributed by atoms with Gasteiger partial charge < -0.3 is 15.0 Å². The topological polar surface area (TPSA) is 74.2 Å². The average Bonchev–Trinajstić information content (AvgIpc) is 2.86. The molecular weight excluding hydrogens is 242 g/mol. The molecule has 0 spiro atoms. The van der Waals surface area contributed by atoms with E-state index >= 15 is 0 Å². The average molecular weight is 261 g/mol. The minimum absolute atomic E-state index is 0.243. The highest BCUT2D eigenvalue weighted by molar-refractivity contribution is 5.66. The zero-order valence-corrected chi connectivity index (χ0v) is 11.7. The number of hydrogen-bond acceptors (Lipinski definition) is 5. The third kappa shape index (κ3) is 2.61. The van der Waals surface area contributed by atoms with Crippen molar-refractivity contribution in [3.8, 4) is 17.1 Å². The summed E-state index contributed by atoms with van der Waals surface area (Å²) in [6, 6.07) is 5.56. The van der Waals surface area contributed by atoms with E-state index in [1.54, 1.807) is 7.11 Å². The zero-order valence-electron chi connectivity index (χ0n) is 11.7. The summed E-state index contributed by atoms with van der Waals surface area (Å²) in [6.07, 6.45) is 0. The summed E-state index contributed by atoms with van der Waals surface area (Å²) in [5.74, 6) is 1.96. The summed E-state index contributed by atoms with van der Waals surface area (Å²) in [7, 11) is 1.63. The zero-order chi connectivity index (χ0) is 14.0. The van der Waals surface area contributed by atoms with Crippen LogP contribution < -0.4 is 10.5 Å². The van der Waals surface area contributed by atoms with Crippen LogP contribution in [0.4, 0.5) is 0 Å². The molecule has 1 heterocycles. The molecule has 1 unspecified atom stereocenters. The van der Waals surface area contributed by atoms with Crippen LogP contribution in [-0.2, 0) is 0 Å². The van der Waals surface area contributed by atoms with Crippen LogP contribution in [0.5, 0.6) is 5.75 Å². The van der Waals surface area contributed by atoms with E-state index < -0.39 is 0 Å². The van der Waals surface area contributed by atoms with Crippen LogP contribution in [-0.4, -0.2) is 17.3 Å². The van der Waals surface area contributed by atoms with Crippen molar-refractivity contribution in [2.45, 2.75) is 26.8 Å². The number of rotatable bonds is 4. The van der Waals surface area contributed by atoms with Crippen molar-refractivity contribution >= 4 is 0 Å². The molecule has 2 aromatic rings.